The highest BCUT2D eigenvalue weighted by atomic mass is 32.1. The van der Waals surface area contributed by atoms with Crippen LogP contribution in [-0.2, 0) is 13.2 Å². The van der Waals surface area contributed by atoms with Crippen LogP contribution in [-0.4, -0.2) is 49.0 Å². The van der Waals surface area contributed by atoms with Gasteiger partial charge in [0.25, 0.3) is 5.91 Å². The zero-order chi connectivity index (χ0) is 20.8. The summed E-state index contributed by atoms with van der Waals surface area (Å²) >= 11 is 1.54. The van der Waals surface area contributed by atoms with E-state index in [1.54, 1.807) is 17.6 Å². The number of rotatable bonds is 7. The Morgan fingerprint density at radius 3 is 2.77 bits per heavy atom. The highest BCUT2D eigenvalue weighted by molar-refractivity contribution is 7.07. The van der Waals surface area contributed by atoms with Crippen LogP contribution in [0, 0.1) is 0 Å². The van der Waals surface area contributed by atoms with Gasteiger partial charge in [0.1, 0.15) is 12.4 Å². The predicted molar refractivity (Wildman–Crippen MR) is 120 cm³/mol. The number of nitrogens with zero attached hydrogens (tertiary/aromatic N) is 3. The maximum absolute atomic E-state index is 12.7. The predicted octanol–water partition coefficient (Wildman–Crippen LogP) is 3.40. The number of carbonyl (C=O) groups is 1. The van der Waals surface area contributed by atoms with Crippen molar-refractivity contribution in [1.29, 1.82) is 0 Å². The minimum absolute atomic E-state index is 0.109. The molecule has 0 unspecified atom stereocenters. The van der Waals surface area contributed by atoms with Crippen LogP contribution in [0.5, 0.6) is 5.75 Å². The van der Waals surface area contributed by atoms with Crippen LogP contribution in [0.2, 0.25) is 0 Å². The molecule has 1 aliphatic rings. The molecule has 0 aliphatic carbocycles. The molecule has 4 rings (SSSR count). The number of nitrogens with one attached hydrogen (secondary N) is 1. The number of likely N-dealkylation sites (N-methyl/N-ethyl adjacent to an activating group) is 1. The monoisotopic (exact) mass is 422 g/mol. The molecule has 0 atom stereocenters. The van der Waals surface area contributed by atoms with Crippen molar-refractivity contribution in [3.63, 3.8) is 0 Å². The first-order chi connectivity index (χ1) is 14.7. The van der Waals surface area contributed by atoms with Crippen molar-refractivity contribution in [2.75, 3.05) is 38.1 Å². The molecule has 6 nitrogen and oxygen atoms in total. The van der Waals surface area contributed by atoms with Crippen molar-refractivity contribution >= 4 is 22.9 Å². The van der Waals surface area contributed by atoms with Gasteiger partial charge in [-0.05, 0) is 36.9 Å². The number of aromatic nitrogens is 1. The zero-order valence-corrected chi connectivity index (χ0v) is 17.9. The fourth-order valence-corrected chi connectivity index (χ4v) is 4.03. The molecule has 1 N–H and O–H groups in total. The molecule has 7 heteroatoms. The molecular weight excluding hydrogens is 396 g/mol. The first kappa shape index (κ1) is 20.4. The van der Waals surface area contributed by atoms with Gasteiger partial charge in [0.05, 0.1) is 11.2 Å². The summed E-state index contributed by atoms with van der Waals surface area (Å²) in [7, 11) is 2.15. The lowest BCUT2D eigenvalue weighted by Gasteiger charge is -2.35. The summed E-state index contributed by atoms with van der Waals surface area (Å²) in [5.74, 6) is 0.552. The van der Waals surface area contributed by atoms with Crippen molar-refractivity contribution < 1.29 is 9.53 Å². The summed E-state index contributed by atoms with van der Waals surface area (Å²) in [5.41, 5.74) is 5.58. The fourth-order valence-electron chi connectivity index (χ4n) is 3.49. The number of hydrogen-bond acceptors (Lipinski definition) is 6. The fraction of sp³-hybridized carbons (Fsp3) is 0.304. The quantitative estimate of drug-likeness (QED) is 0.632. The molecule has 1 aromatic heterocycles. The third kappa shape index (κ3) is 5.17. The van der Waals surface area contributed by atoms with Crippen molar-refractivity contribution in [2.45, 2.75) is 13.2 Å². The van der Waals surface area contributed by atoms with Gasteiger partial charge < -0.3 is 19.9 Å². The SMILES string of the molecule is CN1CCN(c2ccccc2CNC(=O)c2cccc(OCc3cscn3)c2)CC1. The highest BCUT2D eigenvalue weighted by Crippen LogP contribution is 2.22. The summed E-state index contributed by atoms with van der Waals surface area (Å²) in [6.45, 7) is 4.99. The summed E-state index contributed by atoms with van der Waals surface area (Å²) < 4.78 is 5.76. The summed E-state index contributed by atoms with van der Waals surface area (Å²) in [4.78, 5) is 21.7. The first-order valence-corrected chi connectivity index (χ1v) is 11.0. The van der Waals surface area contributed by atoms with E-state index < -0.39 is 0 Å². The molecule has 1 fully saturated rings. The van der Waals surface area contributed by atoms with Crippen LogP contribution in [0.3, 0.4) is 0 Å². The van der Waals surface area contributed by atoms with Crippen LogP contribution in [0.15, 0.2) is 59.4 Å². The Hall–Kier alpha value is -2.90. The van der Waals surface area contributed by atoms with Crippen LogP contribution in [0.4, 0.5) is 5.69 Å². The summed E-state index contributed by atoms with van der Waals surface area (Å²) in [6, 6.07) is 15.6. The van der Waals surface area contributed by atoms with E-state index in [4.69, 9.17) is 4.74 Å². The van der Waals surface area contributed by atoms with Gasteiger partial charge in [-0.2, -0.15) is 0 Å². The average molecular weight is 423 g/mol. The molecule has 0 radical (unpaired) electrons. The normalized spacial score (nSPS) is 14.5. The summed E-state index contributed by atoms with van der Waals surface area (Å²) in [5, 5.41) is 5.01. The standard InChI is InChI=1S/C23H26N4O2S/c1-26-9-11-27(12-10-26)22-8-3-2-5-19(22)14-24-23(28)18-6-4-7-21(13-18)29-15-20-16-30-17-25-20/h2-8,13,16-17H,9-12,14-15H2,1H3,(H,24,28). The molecule has 156 valence electrons. The van der Waals surface area contributed by atoms with E-state index in [1.807, 2.05) is 23.6 Å². The second-order valence-electron chi connectivity index (χ2n) is 7.40. The van der Waals surface area contributed by atoms with Gasteiger partial charge >= 0.3 is 0 Å². The lowest BCUT2D eigenvalue weighted by molar-refractivity contribution is 0.0950. The number of anilines is 1. The van der Waals surface area contributed by atoms with Crippen molar-refractivity contribution in [3.05, 3.63) is 76.2 Å². The number of amides is 1. The molecule has 0 spiro atoms. The van der Waals surface area contributed by atoms with Crippen molar-refractivity contribution in [3.8, 4) is 5.75 Å². The van der Waals surface area contributed by atoms with E-state index in [9.17, 15) is 4.79 Å². The molecule has 2 heterocycles. The number of hydrogen-bond donors (Lipinski definition) is 1. The van der Waals surface area contributed by atoms with Crippen molar-refractivity contribution in [1.82, 2.24) is 15.2 Å². The molecule has 0 bridgehead atoms. The smallest absolute Gasteiger partial charge is 0.251 e. The van der Waals surface area contributed by atoms with Crippen LogP contribution in [0.1, 0.15) is 21.6 Å². The minimum atomic E-state index is -0.109. The van der Waals surface area contributed by atoms with Gasteiger partial charge in [0, 0.05) is 49.4 Å². The maximum atomic E-state index is 12.7. The van der Waals surface area contributed by atoms with E-state index in [0.717, 1.165) is 37.4 Å². The number of para-hydroxylation sites is 1. The van der Waals surface area contributed by atoms with E-state index in [-0.39, 0.29) is 5.91 Å². The van der Waals surface area contributed by atoms with E-state index >= 15 is 0 Å². The van der Waals surface area contributed by atoms with Gasteiger partial charge in [0.2, 0.25) is 0 Å². The van der Waals surface area contributed by atoms with Gasteiger partial charge in [-0.1, -0.05) is 24.3 Å². The topological polar surface area (TPSA) is 57.7 Å². The third-order valence-corrected chi connectivity index (χ3v) is 5.88. The van der Waals surface area contributed by atoms with Crippen molar-refractivity contribution in [2.24, 2.45) is 0 Å². The number of thiazole rings is 1. The second-order valence-corrected chi connectivity index (χ2v) is 8.12. The number of carbonyl (C=O) groups excluding carboxylic acids is 1. The largest absolute Gasteiger partial charge is 0.487 e. The van der Waals surface area contributed by atoms with Crippen LogP contribution >= 0.6 is 11.3 Å². The van der Waals surface area contributed by atoms with E-state index in [2.05, 4.69) is 45.3 Å². The maximum Gasteiger partial charge on any atom is 0.251 e. The second kappa shape index (κ2) is 9.73. The molecule has 30 heavy (non-hydrogen) atoms. The Morgan fingerprint density at radius 2 is 1.97 bits per heavy atom. The van der Waals surface area contributed by atoms with Crippen LogP contribution in [0.25, 0.3) is 0 Å². The molecule has 1 saturated heterocycles. The van der Waals surface area contributed by atoms with Gasteiger partial charge in [-0.3, -0.25) is 4.79 Å². The van der Waals surface area contributed by atoms with Crippen LogP contribution < -0.4 is 15.0 Å². The first-order valence-electron chi connectivity index (χ1n) is 10.1. The average Bonchev–Trinajstić information content (AvgIpc) is 3.31. The minimum Gasteiger partial charge on any atom is -0.487 e. The molecule has 3 aromatic rings. The zero-order valence-electron chi connectivity index (χ0n) is 17.1. The Labute approximate surface area is 181 Å². The molecule has 0 saturated carbocycles. The van der Waals surface area contributed by atoms with Gasteiger partial charge in [0.15, 0.2) is 0 Å². The van der Waals surface area contributed by atoms with Gasteiger partial charge in [-0.25, -0.2) is 4.98 Å². The lowest BCUT2D eigenvalue weighted by atomic mass is 10.1. The molecular formula is C23H26N4O2S. The number of ether oxygens (including phenoxy) is 1. The Bertz CT molecular complexity index is 969. The van der Waals surface area contributed by atoms with E-state index in [1.165, 1.54) is 17.0 Å². The Kier molecular flexibility index (Phi) is 6.61. The number of piperazine rings is 1. The Balaban J connectivity index is 1.37. The summed E-state index contributed by atoms with van der Waals surface area (Å²) in [6.07, 6.45) is 0. The molecule has 2 aromatic carbocycles. The third-order valence-electron chi connectivity index (χ3n) is 5.24. The van der Waals surface area contributed by atoms with E-state index in [0.29, 0.717) is 24.5 Å². The number of benzene rings is 2. The molecule has 1 aliphatic heterocycles. The van der Waals surface area contributed by atoms with Gasteiger partial charge in [-0.15, -0.1) is 11.3 Å². The lowest BCUT2D eigenvalue weighted by Crippen LogP contribution is -2.45. The highest BCUT2D eigenvalue weighted by Gasteiger charge is 2.17. The Morgan fingerprint density at radius 1 is 1.13 bits per heavy atom. The molecule has 1 amide bonds.